The maximum absolute atomic E-state index is 12.2. The topological polar surface area (TPSA) is 84.5 Å². The molecule has 6 nitrogen and oxygen atoms in total. The Morgan fingerprint density at radius 2 is 1.64 bits per heavy atom. The van der Waals surface area contributed by atoms with Crippen molar-refractivity contribution in [3.8, 4) is 5.75 Å². The van der Waals surface area contributed by atoms with Crippen molar-refractivity contribution in [1.82, 2.24) is 0 Å². The van der Waals surface area contributed by atoms with Gasteiger partial charge in [-0.3, -0.25) is 14.4 Å². The SMILES string of the molecule is CCOc1ccc(C(=O)CCC(=O)Nc2cccc(NC(=O)C3CC3)c2)cc1. The largest absolute Gasteiger partial charge is 0.494 e. The molecule has 6 heteroatoms. The molecule has 146 valence electrons. The number of benzene rings is 2. The molecule has 1 fully saturated rings. The standard InChI is InChI=1S/C22H24N2O4/c1-2-28-19-10-8-15(9-11-19)20(25)12-13-21(26)23-17-4-3-5-18(14-17)24-22(27)16-6-7-16/h3-5,8-11,14,16H,2,6-7,12-13H2,1H3,(H,23,26)(H,24,27). The van der Waals surface area contributed by atoms with Crippen molar-refractivity contribution < 1.29 is 19.1 Å². The van der Waals surface area contributed by atoms with Gasteiger partial charge in [0.25, 0.3) is 0 Å². The molecule has 0 radical (unpaired) electrons. The molecule has 0 saturated heterocycles. The highest BCUT2D eigenvalue weighted by Gasteiger charge is 2.29. The van der Waals surface area contributed by atoms with E-state index in [1.165, 1.54) is 0 Å². The van der Waals surface area contributed by atoms with Gasteiger partial charge in [0.15, 0.2) is 5.78 Å². The van der Waals surface area contributed by atoms with Gasteiger partial charge in [-0.05, 0) is 62.2 Å². The summed E-state index contributed by atoms with van der Waals surface area (Å²) in [5, 5.41) is 5.62. The van der Waals surface area contributed by atoms with Crippen molar-refractivity contribution in [1.29, 1.82) is 0 Å². The van der Waals surface area contributed by atoms with Gasteiger partial charge in [-0.2, -0.15) is 0 Å². The van der Waals surface area contributed by atoms with Crippen LogP contribution in [0.2, 0.25) is 0 Å². The molecule has 0 aliphatic heterocycles. The molecule has 1 saturated carbocycles. The summed E-state index contributed by atoms with van der Waals surface area (Å²) >= 11 is 0. The van der Waals surface area contributed by atoms with Crippen LogP contribution in [-0.2, 0) is 9.59 Å². The smallest absolute Gasteiger partial charge is 0.227 e. The highest BCUT2D eigenvalue weighted by molar-refractivity contribution is 6.00. The van der Waals surface area contributed by atoms with E-state index in [0.717, 1.165) is 12.8 Å². The minimum atomic E-state index is -0.245. The van der Waals surface area contributed by atoms with Gasteiger partial charge in [0.05, 0.1) is 6.61 Å². The monoisotopic (exact) mass is 380 g/mol. The lowest BCUT2D eigenvalue weighted by atomic mass is 10.1. The molecule has 3 rings (SSSR count). The summed E-state index contributed by atoms with van der Waals surface area (Å²) in [6.07, 6.45) is 2.08. The molecule has 0 spiro atoms. The summed E-state index contributed by atoms with van der Waals surface area (Å²) < 4.78 is 5.35. The van der Waals surface area contributed by atoms with E-state index in [1.807, 2.05) is 6.92 Å². The molecule has 2 aromatic rings. The second kappa shape index (κ2) is 9.17. The van der Waals surface area contributed by atoms with Crippen LogP contribution in [-0.4, -0.2) is 24.2 Å². The number of hydrogen-bond donors (Lipinski definition) is 2. The zero-order valence-electron chi connectivity index (χ0n) is 15.9. The fourth-order valence-electron chi connectivity index (χ4n) is 2.76. The number of hydrogen-bond acceptors (Lipinski definition) is 4. The Bertz CT molecular complexity index is 857. The summed E-state index contributed by atoms with van der Waals surface area (Å²) in [7, 11) is 0. The molecule has 0 bridgehead atoms. The first-order valence-electron chi connectivity index (χ1n) is 9.52. The molecule has 0 heterocycles. The van der Waals surface area contributed by atoms with E-state index in [-0.39, 0.29) is 36.4 Å². The number of anilines is 2. The van der Waals surface area contributed by atoms with Gasteiger partial charge in [0.2, 0.25) is 11.8 Å². The number of ether oxygens (including phenoxy) is 1. The Balaban J connectivity index is 1.48. The second-order valence-corrected chi connectivity index (χ2v) is 6.77. The molecular formula is C22H24N2O4. The normalized spacial score (nSPS) is 12.9. The summed E-state index contributed by atoms with van der Waals surface area (Å²) in [4.78, 5) is 36.3. The van der Waals surface area contributed by atoms with Crippen LogP contribution in [0.4, 0.5) is 11.4 Å². The van der Waals surface area contributed by atoms with Crippen LogP contribution in [0.5, 0.6) is 5.75 Å². The second-order valence-electron chi connectivity index (χ2n) is 6.77. The van der Waals surface area contributed by atoms with Crippen LogP contribution in [0.15, 0.2) is 48.5 Å². The van der Waals surface area contributed by atoms with Crippen molar-refractivity contribution in [3.05, 3.63) is 54.1 Å². The molecule has 1 aliphatic rings. The lowest BCUT2D eigenvalue weighted by molar-refractivity contribution is -0.117. The first-order valence-corrected chi connectivity index (χ1v) is 9.52. The number of ketones is 1. The van der Waals surface area contributed by atoms with Crippen molar-refractivity contribution in [3.63, 3.8) is 0 Å². The van der Waals surface area contributed by atoms with E-state index in [2.05, 4.69) is 10.6 Å². The zero-order valence-corrected chi connectivity index (χ0v) is 15.9. The van der Waals surface area contributed by atoms with E-state index < -0.39 is 0 Å². The van der Waals surface area contributed by atoms with E-state index in [0.29, 0.717) is 29.3 Å². The third-order valence-electron chi connectivity index (χ3n) is 4.43. The average Bonchev–Trinajstić information content (AvgIpc) is 3.53. The van der Waals surface area contributed by atoms with Crippen molar-refractivity contribution in [2.75, 3.05) is 17.2 Å². The Morgan fingerprint density at radius 1 is 0.964 bits per heavy atom. The lowest BCUT2D eigenvalue weighted by Crippen LogP contribution is -2.15. The van der Waals surface area contributed by atoms with Gasteiger partial charge < -0.3 is 15.4 Å². The molecule has 2 N–H and O–H groups in total. The number of nitrogens with one attached hydrogen (secondary N) is 2. The van der Waals surface area contributed by atoms with Crippen molar-refractivity contribution in [2.45, 2.75) is 32.6 Å². The molecule has 2 amide bonds. The Labute approximate surface area is 164 Å². The maximum Gasteiger partial charge on any atom is 0.227 e. The lowest BCUT2D eigenvalue weighted by Gasteiger charge is -2.09. The summed E-state index contributed by atoms with van der Waals surface area (Å²) in [5.41, 5.74) is 1.80. The van der Waals surface area contributed by atoms with Gasteiger partial charge in [-0.25, -0.2) is 0 Å². The Hall–Kier alpha value is -3.15. The molecule has 0 unspecified atom stereocenters. The van der Waals surface area contributed by atoms with Gasteiger partial charge >= 0.3 is 0 Å². The molecule has 0 atom stereocenters. The van der Waals surface area contributed by atoms with Crippen LogP contribution in [0.1, 0.15) is 43.0 Å². The maximum atomic E-state index is 12.2. The molecule has 1 aliphatic carbocycles. The minimum Gasteiger partial charge on any atom is -0.494 e. The first-order chi connectivity index (χ1) is 13.5. The number of carbonyl (C=O) groups excluding carboxylic acids is 3. The van der Waals surface area contributed by atoms with Gasteiger partial charge in [-0.1, -0.05) is 6.07 Å². The molecule has 28 heavy (non-hydrogen) atoms. The highest BCUT2D eigenvalue weighted by Crippen LogP contribution is 2.30. The third-order valence-corrected chi connectivity index (χ3v) is 4.43. The summed E-state index contributed by atoms with van der Waals surface area (Å²) in [6.45, 7) is 2.47. The predicted octanol–water partition coefficient (Wildman–Crippen LogP) is 4.04. The summed E-state index contributed by atoms with van der Waals surface area (Å²) in [6, 6.07) is 13.9. The highest BCUT2D eigenvalue weighted by atomic mass is 16.5. The first kappa shape index (κ1) is 19.6. The van der Waals surface area contributed by atoms with Crippen molar-refractivity contribution in [2.24, 2.45) is 5.92 Å². The number of rotatable bonds is 9. The van der Waals surface area contributed by atoms with Crippen LogP contribution in [0, 0.1) is 5.92 Å². The fourth-order valence-corrected chi connectivity index (χ4v) is 2.76. The van der Waals surface area contributed by atoms with Gasteiger partial charge in [0.1, 0.15) is 5.75 Å². The van der Waals surface area contributed by atoms with E-state index in [1.54, 1.807) is 48.5 Å². The molecular weight excluding hydrogens is 356 g/mol. The van der Waals surface area contributed by atoms with E-state index in [4.69, 9.17) is 4.74 Å². The minimum absolute atomic E-state index is 0.0180. The van der Waals surface area contributed by atoms with Crippen molar-refractivity contribution >= 4 is 29.0 Å². The number of amides is 2. The Kier molecular flexibility index (Phi) is 6.42. The Morgan fingerprint density at radius 3 is 2.29 bits per heavy atom. The molecule has 0 aromatic heterocycles. The van der Waals surface area contributed by atoms with Crippen LogP contribution in [0.3, 0.4) is 0 Å². The number of carbonyl (C=O) groups is 3. The fraction of sp³-hybridized carbons (Fsp3) is 0.318. The quantitative estimate of drug-likeness (QED) is 0.643. The van der Waals surface area contributed by atoms with Crippen LogP contribution in [0.25, 0.3) is 0 Å². The average molecular weight is 380 g/mol. The third kappa shape index (κ3) is 5.67. The number of Topliss-reactive ketones (excluding diaryl/α,β-unsaturated/α-hetero) is 1. The zero-order chi connectivity index (χ0) is 19.9. The van der Waals surface area contributed by atoms with E-state index in [9.17, 15) is 14.4 Å². The van der Waals surface area contributed by atoms with Crippen LogP contribution < -0.4 is 15.4 Å². The van der Waals surface area contributed by atoms with Gasteiger partial charge in [-0.15, -0.1) is 0 Å². The predicted molar refractivity (Wildman–Crippen MR) is 108 cm³/mol. The van der Waals surface area contributed by atoms with Crippen LogP contribution >= 0.6 is 0 Å². The van der Waals surface area contributed by atoms with Gasteiger partial charge in [0, 0.05) is 35.7 Å². The summed E-state index contributed by atoms with van der Waals surface area (Å²) in [5.74, 6) is 0.510. The van der Waals surface area contributed by atoms with E-state index >= 15 is 0 Å². The molecule has 2 aromatic carbocycles.